The van der Waals surface area contributed by atoms with Gasteiger partial charge in [0, 0.05) is 12.3 Å². The van der Waals surface area contributed by atoms with E-state index in [1.54, 1.807) is 0 Å². The molecule has 0 atom stereocenters. The molecule has 1 aromatic carbocycles. The molecule has 2 aromatic rings. The van der Waals surface area contributed by atoms with Gasteiger partial charge in [-0.1, -0.05) is 17.7 Å². The summed E-state index contributed by atoms with van der Waals surface area (Å²) < 4.78 is 40.0. The number of pyridine rings is 1. The summed E-state index contributed by atoms with van der Waals surface area (Å²) in [5, 5.41) is -0.0418. The van der Waals surface area contributed by atoms with Crippen LogP contribution in [-0.4, -0.2) is 13.4 Å². The van der Waals surface area contributed by atoms with Gasteiger partial charge in [0.2, 0.25) is 0 Å². The van der Waals surface area contributed by atoms with Gasteiger partial charge in [-0.15, -0.1) is 0 Å². The third-order valence-corrected chi connectivity index (χ3v) is 4.05. The Morgan fingerprint density at radius 3 is 2.70 bits per heavy atom. The van der Waals surface area contributed by atoms with Gasteiger partial charge in [0.05, 0.1) is 9.92 Å². The number of para-hydroxylation sites is 1. The van der Waals surface area contributed by atoms with Crippen molar-refractivity contribution < 1.29 is 12.8 Å². The number of rotatable bonds is 4. The van der Waals surface area contributed by atoms with Gasteiger partial charge in [-0.2, -0.15) is 0 Å². The maximum atomic E-state index is 13.6. The number of hydrazine groups is 1. The van der Waals surface area contributed by atoms with Crippen molar-refractivity contribution in [3.63, 3.8) is 0 Å². The van der Waals surface area contributed by atoms with Gasteiger partial charge in [0.1, 0.15) is 17.3 Å². The van der Waals surface area contributed by atoms with Crippen LogP contribution in [0.1, 0.15) is 0 Å². The average Bonchev–Trinajstić information content (AvgIpc) is 2.43. The largest absolute Gasteiger partial charge is 0.308 e. The molecule has 0 saturated carbocycles. The van der Waals surface area contributed by atoms with Gasteiger partial charge >= 0.3 is 0 Å². The summed E-state index contributed by atoms with van der Waals surface area (Å²) in [6, 6.07) is 6.30. The van der Waals surface area contributed by atoms with Crippen LogP contribution < -0.4 is 16.0 Å². The zero-order valence-electron chi connectivity index (χ0n) is 9.97. The number of nitrogen functional groups attached to an aromatic ring is 1. The number of aromatic nitrogens is 1. The fraction of sp³-hybridized carbons (Fsp3) is 0. The molecule has 0 aliphatic carbocycles. The smallest absolute Gasteiger partial charge is 0.262 e. The number of anilines is 2. The predicted octanol–water partition coefficient (Wildman–Crippen LogP) is 1.96. The monoisotopic (exact) mass is 316 g/mol. The molecule has 0 fully saturated rings. The molecule has 0 unspecified atom stereocenters. The summed E-state index contributed by atoms with van der Waals surface area (Å²) >= 11 is 5.77. The van der Waals surface area contributed by atoms with E-state index in [9.17, 15) is 12.8 Å². The quantitative estimate of drug-likeness (QED) is 0.592. The SMILES string of the molecule is NNc1cc(S(=O)(=O)Nc2c(F)cccc2Cl)ccn1. The minimum Gasteiger partial charge on any atom is -0.308 e. The fourth-order valence-corrected chi connectivity index (χ4v) is 2.81. The van der Waals surface area contributed by atoms with Gasteiger partial charge in [0.15, 0.2) is 0 Å². The van der Waals surface area contributed by atoms with Crippen molar-refractivity contribution in [2.45, 2.75) is 4.90 Å². The zero-order valence-corrected chi connectivity index (χ0v) is 11.5. The average molecular weight is 317 g/mol. The predicted molar refractivity (Wildman–Crippen MR) is 74.3 cm³/mol. The highest BCUT2D eigenvalue weighted by Gasteiger charge is 2.18. The molecule has 9 heteroatoms. The Hall–Kier alpha value is -1.90. The minimum atomic E-state index is -4.00. The standard InChI is InChI=1S/C11H10ClFN4O2S/c12-8-2-1-3-9(13)11(8)17-20(18,19)7-4-5-15-10(6-7)16-14/h1-6,17H,14H2,(H,15,16). The van der Waals surface area contributed by atoms with Crippen LogP contribution in [0.5, 0.6) is 0 Å². The number of sulfonamides is 1. The number of hydrogen-bond acceptors (Lipinski definition) is 5. The van der Waals surface area contributed by atoms with Crippen molar-refractivity contribution in [3.8, 4) is 0 Å². The first-order valence-electron chi connectivity index (χ1n) is 5.33. The third kappa shape index (κ3) is 2.98. The third-order valence-electron chi connectivity index (χ3n) is 2.39. The van der Waals surface area contributed by atoms with Crippen LogP contribution >= 0.6 is 11.6 Å². The second kappa shape index (κ2) is 5.61. The van der Waals surface area contributed by atoms with Gasteiger partial charge in [-0.05, 0) is 18.2 Å². The Kier molecular flexibility index (Phi) is 4.07. The van der Waals surface area contributed by atoms with E-state index in [4.69, 9.17) is 17.4 Å². The molecule has 0 amide bonds. The number of benzene rings is 1. The summed E-state index contributed by atoms with van der Waals surface area (Å²) in [6.45, 7) is 0. The summed E-state index contributed by atoms with van der Waals surface area (Å²) in [5.41, 5.74) is 1.91. The molecule has 0 radical (unpaired) electrons. The Labute approximate surface area is 119 Å². The van der Waals surface area contributed by atoms with E-state index in [1.807, 2.05) is 0 Å². The molecular weight excluding hydrogens is 307 g/mol. The van der Waals surface area contributed by atoms with E-state index < -0.39 is 15.8 Å². The lowest BCUT2D eigenvalue weighted by Gasteiger charge is -2.11. The van der Waals surface area contributed by atoms with Crippen molar-refractivity contribution in [2.75, 3.05) is 10.1 Å². The maximum Gasteiger partial charge on any atom is 0.262 e. The molecule has 6 nitrogen and oxygen atoms in total. The number of nitrogens with one attached hydrogen (secondary N) is 2. The number of halogens is 2. The van der Waals surface area contributed by atoms with Crippen LogP contribution in [0.25, 0.3) is 0 Å². The van der Waals surface area contributed by atoms with Crippen molar-refractivity contribution >= 4 is 33.1 Å². The van der Waals surface area contributed by atoms with Crippen molar-refractivity contribution in [1.82, 2.24) is 4.98 Å². The second-order valence-corrected chi connectivity index (χ2v) is 5.81. The molecule has 2 rings (SSSR count). The van der Waals surface area contributed by atoms with Gasteiger partial charge < -0.3 is 5.43 Å². The first-order valence-corrected chi connectivity index (χ1v) is 7.19. The maximum absolute atomic E-state index is 13.6. The molecule has 0 saturated heterocycles. The lowest BCUT2D eigenvalue weighted by molar-refractivity contribution is 0.598. The van der Waals surface area contributed by atoms with Gasteiger partial charge in [-0.25, -0.2) is 23.6 Å². The molecule has 0 bridgehead atoms. The molecule has 0 aliphatic heterocycles. The van der Waals surface area contributed by atoms with Crippen molar-refractivity contribution in [2.24, 2.45) is 5.84 Å². The molecule has 0 aliphatic rings. The Balaban J connectivity index is 2.41. The first-order chi connectivity index (χ1) is 9.44. The second-order valence-electron chi connectivity index (χ2n) is 3.72. The number of nitrogens with zero attached hydrogens (tertiary/aromatic N) is 1. The molecule has 0 spiro atoms. The van der Waals surface area contributed by atoms with Crippen LogP contribution in [0, 0.1) is 5.82 Å². The molecule has 106 valence electrons. The van der Waals surface area contributed by atoms with E-state index in [1.165, 1.54) is 30.5 Å². The van der Waals surface area contributed by atoms with E-state index in [0.717, 1.165) is 6.07 Å². The van der Waals surface area contributed by atoms with E-state index in [0.29, 0.717) is 0 Å². The fourth-order valence-electron chi connectivity index (χ4n) is 1.45. The van der Waals surface area contributed by atoms with E-state index in [-0.39, 0.29) is 21.4 Å². The molecular formula is C11H10ClFN4O2S. The van der Waals surface area contributed by atoms with Gasteiger partial charge in [0.25, 0.3) is 10.0 Å². The van der Waals surface area contributed by atoms with Crippen LogP contribution in [0.2, 0.25) is 5.02 Å². The summed E-state index contributed by atoms with van der Waals surface area (Å²) in [7, 11) is -4.00. The Morgan fingerprint density at radius 2 is 2.05 bits per heavy atom. The highest BCUT2D eigenvalue weighted by Crippen LogP contribution is 2.27. The van der Waals surface area contributed by atoms with Crippen molar-refractivity contribution in [3.05, 3.63) is 47.4 Å². The van der Waals surface area contributed by atoms with Crippen LogP contribution in [-0.2, 0) is 10.0 Å². The number of nitrogens with two attached hydrogens (primary N) is 1. The summed E-state index contributed by atoms with van der Waals surface area (Å²) in [4.78, 5) is 3.66. The lowest BCUT2D eigenvalue weighted by atomic mass is 10.3. The highest BCUT2D eigenvalue weighted by atomic mass is 35.5. The Morgan fingerprint density at radius 1 is 1.30 bits per heavy atom. The first kappa shape index (κ1) is 14.5. The summed E-state index contributed by atoms with van der Waals surface area (Å²) in [5.74, 6) is 4.54. The highest BCUT2D eigenvalue weighted by molar-refractivity contribution is 7.92. The molecule has 20 heavy (non-hydrogen) atoms. The van der Waals surface area contributed by atoms with Gasteiger partial charge in [-0.3, -0.25) is 4.72 Å². The zero-order chi connectivity index (χ0) is 14.8. The van der Waals surface area contributed by atoms with Crippen LogP contribution in [0.15, 0.2) is 41.4 Å². The van der Waals surface area contributed by atoms with Crippen LogP contribution in [0.4, 0.5) is 15.9 Å². The molecule has 1 aromatic heterocycles. The summed E-state index contributed by atoms with van der Waals surface area (Å²) in [6.07, 6.45) is 1.26. The number of hydrogen-bond donors (Lipinski definition) is 3. The molecule has 1 heterocycles. The van der Waals surface area contributed by atoms with Crippen LogP contribution in [0.3, 0.4) is 0 Å². The Bertz CT molecular complexity index is 719. The van der Waals surface area contributed by atoms with E-state index >= 15 is 0 Å². The van der Waals surface area contributed by atoms with Crippen molar-refractivity contribution in [1.29, 1.82) is 0 Å². The molecule has 4 N–H and O–H groups in total. The van der Waals surface area contributed by atoms with E-state index in [2.05, 4.69) is 15.1 Å². The topological polar surface area (TPSA) is 97.1 Å². The normalized spacial score (nSPS) is 11.2. The lowest BCUT2D eigenvalue weighted by Crippen LogP contribution is -2.16. The minimum absolute atomic E-state index is 0.0418.